The first kappa shape index (κ1) is 10.9. The summed E-state index contributed by atoms with van der Waals surface area (Å²) in [7, 11) is 0. The number of hydrogen-bond donors (Lipinski definition) is 1. The first-order valence-corrected chi connectivity index (χ1v) is 5.87. The monoisotopic (exact) mass is 212 g/mol. The van der Waals surface area contributed by atoms with Gasteiger partial charge in [-0.05, 0) is 32.6 Å². The number of esters is 1. The number of nitrogens with two attached hydrogens (primary N) is 1. The van der Waals surface area contributed by atoms with Gasteiger partial charge in [-0.2, -0.15) is 0 Å². The molecule has 0 amide bonds. The molecule has 2 atom stereocenters. The maximum absolute atomic E-state index is 11.4. The highest BCUT2D eigenvalue weighted by Gasteiger charge is 2.40. The average Bonchev–Trinajstić information content (AvgIpc) is 2.44. The van der Waals surface area contributed by atoms with E-state index in [-0.39, 0.29) is 5.97 Å². The first-order valence-electron chi connectivity index (χ1n) is 5.87. The molecule has 0 aromatic heterocycles. The highest BCUT2D eigenvalue weighted by Crippen LogP contribution is 2.34. The molecule has 0 saturated carbocycles. The van der Waals surface area contributed by atoms with E-state index in [4.69, 9.17) is 10.5 Å². The number of piperidine rings is 1. The number of carbonyl (C=O) groups excluding carboxylic acids is 1. The molecule has 0 radical (unpaired) electrons. The van der Waals surface area contributed by atoms with Gasteiger partial charge >= 0.3 is 5.97 Å². The highest BCUT2D eigenvalue weighted by molar-refractivity contribution is 5.71. The van der Waals surface area contributed by atoms with E-state index in [2.05, 4.69) is 4.90 Å². The molecule has 4 heteroatoms. The number of nitrogens with zero attached hydrogens (tertiary/aromatic N) is 1. The number of carbonyl (C=O) groups is 1. The van der Waals surface area contributed by atoms with E-state index < -0.39 is 0 Å². The van der Waals surface area contributed by atoms with E-state index in [9.17, 15) is 4.79 Å². The van der Waals surface area contributed by atoms with Gasteiger partial charge < -0.3 is 10.5 Å². The summed E-state index contributed by atoms with van der Waals surface area (Å²) in [6, 6.07) is 1.37. The molecule has 0 aromatic rings. The molecule has 2 aliphatic heterocycles. The molecular weight excluding hydrogens is 192 g/mol. The second-order valence-corrected chi connectivity index (χ2v) is 4.59. The Morgan fingerprint density at radius 3 is 2.53 bits per heavy atom. The van der Waals surface area contributed by atoms with Crippen LogP contribution in [0.15, 0.2) is 0 Å². The Hall–Kier alpha value is -0.610. The number of ether oxygens (including phenoxy) is 1. The van der Waals surface area contributed by atoms with Crippen LogP contribution >= 0.6 is 0 Å². The van der Waals surface area contributed by atoms with Gasteiger partial charge in [-0.15, -0.1) is 0 Å². The molecular formula is C11H20N2O2. The zero-order chi connectivity index (χ0) is 10.8. The Kier molecular flexibility index (Phi) is 3.26. The van der Waals surface area contributed by atoms with Crippen molar-refractivity contribution in [1.29, 1.82) is 0 Å². The summed E-state index contributed by atoms with van der Waals surface area (Å²) < 4.78 is 4.98. The fraction of sp³-hybridized carbons (Fsp3) is 0.909. The minimum absolute atomic E-state index is 0.0927. The first-order chi connectivity index (χ1) is 7.20. The second kappa shape index (κ2) is 4.49. The van der Waals surface area contributed by atoms with Crippen LogP contribution in [-0.2, 0) is 9.53 Å². The predicted molar refractivity (Wildman–Crippen MR) is 57.4 cm³/mol. The maximum atomic E-state index is 11.4. The summed E-state index contributed by atoms with van der Waals surface area (Å²) in [5.74, 6) is -0.0927. The maximum Gasteiger partial charge on any atom is 0.320 e. The minimum atomic E-state index is -0.0927. The van der Waals surface area contributed by atoms with Gasteiger partial charge in [0.2, 0.25) is 0 Å². The van der Waals surface area contributed by atoms with Crippen LogP contribution in [0, 0.1) is 0 Å². The molecule has 2 heterocycles. The molecule has 2 N–H and O–H groups in total. The van der Waals surface area contributed by atoms with Crippen LogP contribution in [0.5, 0.6) is 0 Å². The Balaban J connectivity index is 1.91. The van der Waals surface area contributed by atoms with Gasteiger partial charge in [0.15, 0.2) is 0 Å². The van der Waals surface area contributed by atoms with Crippen molar-refractivity contribution >= 4 is 5.97 Å². The summed E-state index contributed by atoms with van der Waals surface area (Å²) in [5.41, 5.74) is 5.96. The van der Waals surface area contributed by atoms with Crippen molar-refractivity contribution in [3.63, 3.8) is 0 Å². The van der Waals surface area contributed by atoms with Crippen molar-refractivity contribution < 1.29 is 9.53 Å². The van der Waals surface area contributed by atoms with Gasteiger partial charge in [-0.3, -0.25) is 9.69 Å². The number of rotatable bonds is 3. The lowest BCUT2D eigenvalue weighted by atomic mass is 9.98. The summed E-state index contributed by atoms with van der Waals surface area (Å²) in [6.07, 6.45) is 4.46. The Morgan fingerprint density at radius 1 is 1.40 bits per heavy atom. The third-order valence-electron chi connectivity index (χ3n) is 3.54. The molecule has 2 bridgehead atoms. The molecule has 2 aliphatic rings. The average molecular weight is 212 g/mol. The minimum Gasteiger partial charge on any atom is -0.465 e. The highest BCUT2D eigenvalue weighted by atomic mass is 16.5. The van der Waals surface area contributed by atoms with E-state index in [0.717, 1.165) is 12.8 Å². The van der Waals surface area contributed by atoms with Crippen LogP contribution < -0.4 is 5.73 Å². The van der Waals surface area contributed by atoms with Crippen molar-refractivity contribution in [3.05, 3.63) is 0 Å². The van der Waals surface area contributed by atoms with Crippen LogP contribution in [-0.4, -0.2) is 42.1 Å². The van der Waals surface area contributed by atoms with Gasteiger partial charge in [0, 0.05) is 18.1 Å². The van der Waals surface area contributed by atoms with Gasteiger partial charge in [0.1, 0.15) is 0 Å². The van der Waals surface area contributed by atoms with Crippen molar-refractivity contribution in [2.75, 3.05) is 13.2 Å². The van der Waals surface area contributed by atoms with E-state index >= 15 is 0 Å². The largest absolute Gasteiger partial charge is 0.465 e. The zero-order valence-corrected chi connectivity index (χ0v) is 9.32. The molecule has 0 aromatic carbocycles. The van der Waals surface area contributed by atoms with Crippen molar-refractivity contribution in [2.24, 2.45) is 5.73 Å². The van der Waals surface area contributed by atoms with Crippen LogP contribution in [0.4, 0.5) is 0 Å². The molecule has 2 rings (SSSR count). The SMILES string of the molecule is CCOC(=O)CN1C2CCC1CC(N)C2. The fourth-order valence-electron chi connectivity index (χ4n) is 2.93. The van der Waals surface area contributed by atoms with Gasteiger partial charge in [-0.25, -0.2) is 0 Å². The summed E-state index contributed by atoms with van der Waals surface area (Å²) in [6.45, 7) is 2.77. The van der Waals surface area contributed by atoms with Gasteiger partial charge in [0.05, 0.1) is 13.2 Å². The molecule has 2 unspecified atom stereocenters. The molecule has 4 nitrogen and oxygen atoms in total. The number of hydrogen-bond acceptors (Lipinski definition) is 4. The Labute approximate surface area is 90.8 Å². The van der Waals surface area contributed by atoms with Crippen molar-refractivity contribution in [3.8, 4) is 0 Å². The van der Waals surface area contributed by atoms with Gasteiger partial charge in [-0.1, -0.05) is 0 Å². The molecule has 2 saturated heterocycles. The standard InChI is InChI=1S/C11H20N2O2/c1-2-15-11(14)7-13-9-3-4-10(13)6-8(12)5-9/h8-10H,2-7,12H2,1H3. The molecule has 2 fully saturated rings. The third kappa shape index (κ3) is 2.32. The second-order valence-electron chi connectivity index (χ2n) is 4.59. The predicted octanol–water partition coefficient (Wildman–Crippen LogP) is 0.504. The van der Waals surface area contributed by atoms with Crippen LogP contribution in [0.3, 0.4) is 0 Å². The molecule has 0 aliphatic carbocycles. The third-order valence-corrected chi connectivity index (χ3v) is 3.54. The lowest BCUT2D eigenvalue weighted by molar-refractivity contribution is -0.145. The van der Waals surface area contributed by atoms with Crippen LogP contribution in [0.2, 0.25) is 0 Å². The van der Waals surface area contributed by atoms with Crippen molar-refractivity contribution in [2.45, 2.75) is 50.7 Å². The quantitative estimate of drug-likeness (QED) is 0.692. The lowest BCUT2D eigenvalue weighted by Crippen LogP contribution is -2.49. The number of fused-ring (bicyclic) bond motifs is 2. The summed E-state index contributed by atoms with van der Waals surface area (Å²) >= 11 is 0. The lowest BCUT2D eigenvalue weighted by Gasteiger charge is -2.36. The molecule has 0 spiro atoms. The fourth-order valence-corrected chi connectivity index (χ4v) is 2.93. The topological polar surface area (TPSA) is 55.6 Å². The molecule has 86 valence electrons. The van der Waals surface area contributed by atoms with Crippen molar-refractivity contribution in [1.82, 2.24) is 4.90 Å². The van der Waals surface area contributed by atoms with E-state index in [1.807, 2.05) is 6.92 Å². The molecule has 15 heavy (non-hydrogen) atoms. The Morgan fingerprint density at radius 2 is 2.00 bits per heavy atom. The normalized spacial score (nSPS) is 35.5. The Bertz CT molecular complexity index is 231. The summed E-state index contributed by atoms with van der Waals surface area (Å²) in [5, 5.41) is 0. The smallest absolute Gasteiger partial charge is 0.320 e. The summed E-state index contributed by atoms with van der Waals surface area (Å²) in [4.78, 5) is 13.7. The zero-order valence-electron chi connectivity index (χ0n) is 9.32. The van der Waals surface area contributed by atoms with Crippen LogP contribution in [0.1, 0.15) is 32.6 Å². The van der Waals surface area contributed by atoms with E-state index in [1.54, 1.807) is 0 Å². The van der Waals surface area contributed by atoms with Gasteiger partial charge in [0.25, 0.3) is 0 Å². The van der Waals surface area contributed by atoms with E-state index in [0.29, 0.717) is 31.3 Å². The van der Waals surface area contributed by atoms with Crippen LogP contribution in [0.25, 0.3) is 0 Å². The van der Waals surface area contributed by atoms with E-state index in [1.165, 1.54) is 12.8 Å².